The molecule has 0 fully saturated rings. The number of halogens is 2. The standard InChI is InChI=1S/C18H10ClFN4O2S/c19-17-15(9-21)16(12-3-5-13(20)6-4-12)22-18(23-17)27-10-11-1-7-14(8-2-11)24(25)26/h1-8H,10H2. The van der Waals surface area contributed by atoms with Gasteiger partial charge in [0.2, 0.25) is 0 Å². The zero-order valence-corrected chi connectivity index (χ0v) is 15.2. The highest BCUT2D eigenvalue weighted by Gasteiger charge is 2.15. The lowest BCUT2D eigenvalue weighted by molar-refractivity contribution is -0.384. The van der Waals surface area contributed by atoms with Gasteiger partial charge in [0.15, 0.2) is 10.3 Å². The van der Waals surface area contributed by atoms with E-state index < -0.39 is 10.7 Å². The highest BCUT2D eigenvalue weighted by atomic mass is 35.5. The molecule has 0 aliphatic heterocycles. The van der Waals surface area contributed by atoms with Gasteiger partial charge in [0.1, 0.15) is 17.4 Å². The van der Waals surface area contributed by atoms with Crippen molar-refractivity contribution in [2.24, 2.45) is 0 Å². The van der Waals surface area contributed by atoms with Gasteiger partial charge in [-0.3, -0.25) is 10.1 Å². The minimum atomic E-state index is -0.463. The van der Waals surface area contributed by atoms with E-state index in [9.17, 15) is 19.8 Å². The van der Waals surface area contributed by atoms with Crippen LogP contribution in [0.15, 0.2) is 53.7 Å². The fraction of sp³-hybridized carbons (Fsp3) is 0.0556. The Morgan fingerprint density at radius 3 is 2.41 bits per heavy atom. The van der Waals surface area contributed by atoms with E-state index in [1.807, 2.05) is 6.07 Å². The van der Waals surface area contributed by atoms with Crippen LogP contribution in [0.3, 0.4) is 0 Å². The zero-order valence-electron chi connectivity index (χ0n) is 13.6. The first-order chi connectivity index (χ1) is 13.0. The summed E-state index contributed by atoms with van der Waals surface area (Å²) < 4.78 is 13.2. The van der Waals surface area contributed by atoms with E-state index in [4.69, 9.17) is 11.6 Å². The number of hydrogen-bond acceptors (Lipinski definition) is 6. The van der Waals surface area contributed by atoms with Gasteiger partial charge in [0.05, 0.1) is 10.6 Å². The SMILES string of the molecule is N#Cc1c(Cl)nc(SCc2ccc([N+](=O)[O-])cc2)nc1-c1ccc(F)cc1. The molecule has 0 amide bonds. The molecule has 0 saturated carbocycles. The van der Waals surface area contributed by atoms with E-state index in [-0.39, 0.29) is 16.4 Å². The quantitative estimate of drug-likeness (QED) is 0.196. The Morgan fingerprint density at radius 1 is 1.15 bits per heavy atom. The average Bonchev–Trinajstić information content (AvgIpc) is 2.67. The molecule has 1 heterocycles. The number of hydrogen-bond donors (Lipinski definition) is 0. The number of nitro groups is 1. The van der Waals surface area contributed by atoms with Gasteiger partial charge in [0, 0.05) is 23.4 Å². The monoisotopic (exact) mass is 400 g/mol. The van der Waals surface area contributed by atoms with Crippen LogP contribution in [0.4, 0.5) is 10.1 Å². The van der Waals surface area contributed by atoms with E-state index in [0.717, 1.165) is 5.56 Å². The number of nitriles is 1. The van der Waals surface area contributed by atoms with Crippen LogP contribution < -0.4 is 0 Å². The van der Waals surface area contributed by atoms with E-state index in [1.54, 1.807) is 12.1 Å². The van der Waals surface area contributed by atoms with Gasteiger partial charge in [-0.1, -0.05) is 35.5 Å². The molecule has 0 radical (unpaired) electrons. The average molecular weight is 401 g/mol. The van der Waals surface area contributed by atoms with Gasteiger partial charge in [-0.05, 0) is 29.8 Å². The number of aromatic nitrogens is 2. The molecule has 0 aliphatic rings. The molecule has 134 valence electrons. The summed E-state index contributed by atoms with van der Waals surface area (Å²) in [5.74, 6) is 0.0634. The van der Waals surface area contributed by atoms with Gasteiger partial charge in [-0.25, -0.2) is 14.4 Å². The lowest BCUT2D eigenvalue weighted by Crippen LogP contribution is -1.97. The Bertz CT molecular complexity index is 1040. The van der Waals surface area contributed by atoms with Crippen molar-refractivity contribution in [3.63, 3.8) is 0 Å². The molecule has 0 spiro atoms. The molecule has 2 aromatic carbocycles. The lowest BCUT2D eigenvalue weighted by atomic mass is 10.1. The van der Waals surface area contributed by atoms with Crippen molar-refractivity contribution in [2.45, 2.75) is 10.9 Å². The van der Waals surface area contributed by atoms with Gasteiger partial charge in [-0.15, -0.1) is 0 Å². The van der Waals surface area contributed by atoms with Crippen molar-refractivity contribution in [3.05, 3.63) is 80.7 Å². The maximum absolute atomic E-state index is 13.2. The van der Waals surface area contributed by atoms with Gasteiger partial charge in [0.25, 0.3) is 5.69 Å². The number of nitro benzene ring substituents is 1. The maximum Gasteiger partial charge on any atom is 0.269 e. The van der Waals surface area contributed by atoms with Crippen LogP contribution in [0.25, 0.3) is 11.3 Å². The largest absolute Gasteiger partial charge is 0.269 e. The molecular weight excluding hydrogens is 391 g/mol. The van der Waals surface area contributed by atoms with Gasteiger partial charge >= 0.3 is 0 Å². The molecular formula is C18H10ClFN4O2S. The smallest absolute Gasteiger partial charge is 0.258 e. The van der Waals surface area contributed by atoms with Crippen molar-refractivity contribution >= 4 is 29.1 Å². The number of rotatable bonds is 5. The summed E-state index contributed by atoms with van der Waals surface area (Å²) in [6.45, 7) is 0. The summed E-state index contributed by atoms with van der Waals surface area (Å²) >= 11 is 7.39. The predicted octanol–water partition coefficient (Wildman–Crippen LogP) is 5.01. The van der Waals surface area contributed by atoms with E-state index in [0.29, 0.717) is 22.2 Å². The molecule has 0 N–H and O–H groups in total. The van der Waals surface area contributed by atoms with E-state index in [2.05, 4.69) is 9.97 Å². The first kappa shape index (κ1) is 18.8. The van der Waals surface area contributed by atoms with Crippen LogP contribution in [-0.4, -0.2) is 14.9 Å². The Labute approximate surface area is 162 Å². The Morgan fingerprint density at radius 2 is 1.81 bits per heavy atom. The molecule has 0 saturated heterocycles. The summed E-state index contributed by atoms with van der Waals surface area (Å²) in [6, 6.07) is 13.7. The third-order valence-corrected chi connectivity index (χ3v) is 4.78. The number of benzene rings is 2. The lowest BCUT2D eigenvalue weighted by Gasteiger charge is -2.08. The summed E-state index contributed by atoms with van der Waals surface area (Å²) in [4.78, 5) is 18.7. The third kappa shape index (κ3) is 4.39. The van der Waals surface area contributed by atoms with E-state index in [1.165, 1.54) is 48.2 Å². The fourth-order valence-electron chi connectivity index (χ4n) is 2.26. The highest BCUT2D eigenvalue weighted by molar-refractivity contribution is 7.98. The molecule has 27 heavy (non-hydrogen) atoms. The molecule has 1 aromatic heterocycles. The van der Waals surface area contributed by atoms with Crippen LogP contribution in [0.2, 0.25) is 5.15 Å². The topological polar surface area (TPSA) is 92.7 Å². The normalized spacial score (nSPS) is 10.4. The Hall–Kier alpha value is -3.02. The first-order valence-electron chi connectivity index (χ1n) is 7.57. The second kappa shape index (κ2) is 8.12. The van der Waals surface area contributed by atoms with E-state index >= 15 is 0 Å². The minimum absolute atomic E-state index is 0.0121. The van der Waals surface area contributed by atoms with Crippen LogP contribution in [-0.2, 0) is 5.75 Å². The molecule has 9 heteroatoms. The molecule has 6 nitrogen and oxygen atoms in total. The highest BCUT2D eigenvalue weighted by Crippen LogP contribution is 2.30. The molecule has 0 unspecified atom stereocenters. The van der Waals surface area contributed by atoms with Crippen molar-refractivity contribution in [1.29, 1.82) is 5.26 Å². The maximum atomic E-state index is 13.2. The Balaban J connectivity index is 1.87. The molecule has 0 atom stereocenters. The second-order valence-corrected chi connectivity index (χ2v) is 6.65. The molecule has 3 rings (SSSR count). The van der Waals surface area contributed by atoms with Crippen LogP contribution in [0.5, 0.6) is 0 Å². The van der Waals surface area contributed by atoms with Crippen molar-refractivity contribution < 1.29 is 9.31 Å². The number of non-ortho nitro benzene ring substituents is 1. The van der Waals surface area contributed by atoms with Crippen LogP contribution in [0, 0.1) is 27.3 Å². The first-order valence-corrected chi connectivity index (χ1v) is 8.94. The van der Waals surface area contributed by atoms with Gasteiger partial charge < -0.3 is 0 Å². The van der Waals surface area contributed by atoms with Crippen LogP contribution in [0.1, 0.15) is 11.1 Å². The van der Waals surface area contributed by atoms with Crippen molar-refractivity contribution in [1.82, 2.24) is 9.97 Å². The molecule has 3 aromatic rings. The van der Waals surface area contributed by atoms with Gasteiger partial charge in [-0.2, -0.15) is 5.26 Å². The fourth-order valence-corrected chi connectivity index (χ4v) is 3.32. The summed E-state index contributed by atoms with van der Waals surface area (Å²) in [6.07, 6.45) is 0. The van der Waals surface area contributed by atoms with Crippen molar-refractivity contribution in [3.8, 4) is 17.3 Å². The number of thioether (sulfide) groups is 1. The van der Waals surface area contributed by atoms with Crippen LogP contribution >= 0.6 is 23.4 Å². The minimum Gasteiger partial charge on any atom is -0.258 e. The molecule has 0 aliphatic carbocycles. The van der Waals surface area contributed by atoms with Crippen molar-refractivity contribution in [2.75, 3.05) is 0 Å². The summed E-state index contributed by atoms with van der Waals surface area (Å²) in [5.41, 5.74) is 1.85. The number of nitrogens with zero attached hydrogens (tertiary/aromatic N) is 4. The predicted molar refractivity (Wildman–Crippen MR) is 99.8 cm³/mol. The Kier molecular flexibility index (Phi) is 5.64. The molecule has 0 bridgehead atoms. The summed E-state index contributed by atoms with van der Waals surface area (Å²) in [5, 5.41) is 20.4. The second-order valence-electron chi connectivity index (χ2n) is 5.35. The zero-order chi connectivity index (χ0) is 19.4. The third-order valence-electron chi connectivity index (χ3n) is 3.59. The summed E-state index contributed by atoms with van der Waals surface area (Å²) in [7, 11) is 0.